The third kappa shape index (κ3) is 3.50. The van der Waals surface area contributed by atoms with E-state index in [9.17, 15) is 9.59 Å². The number of hydrogen-bond acceptors (Lipinski definition) is 3. The van der Waals surface area contributed by atoms with Crippen LogP contribution in [0.25, 0.3) is 0 Å². The maximum Gasteiger partial charge on any atom is 0.407 e. The third-order valence-electron chi connectivity index (χ3n) is 3.78. The van der Waals surface area contributed by atoms with E-state index in [4.69, 9.17) is 5.11 Å². The lowest BCUT2D eigenvalue weighted by Gasteiger charge is -2.30. The van der Waals surface area contributed by atoms with Crippen molar-refractivity contribution in [2.75, 3.05) is 20.2 Å². The Kier molecular flexibility index (Phi) is 4.61. The molecule has 5 heteroatoms. The molecule has 1 saturated heterocycles. The first-order valence-electron chi connectivity index (χ1n) is 6.75. The molecule has 0 bridgehead atoms. The van der Waals surface area contributed by atoms with E-state index in [0.29, 0.717) is 24.6 Å². The number of amides is 1. The number of carbonyl (C=O) groups excluding carboxylic acids is 1. The predicted octanol–water partition coefficient (Wildman–Crippen LogP) is 2.41. The summed E-state index contributed by atoms with van der Waals surface area (Å²) in [6, 6.07) is 7.42. The van der Waals surface area contributed by atoms with Gasteiger partial charge < -0.3 is 14.7 Å². The van der Waals surface area contributed by atoms with E-state index in [1.807, 2.05) is 12.1 Å². The molecule has 108 valence electrons. The standard InChI is InChI=1S/C15H19NO4/c1-20-14(17)13-4-2-11(3-5-13)10-12-6-8-16(9-7-12)15(18)19/h2-5,12H,6-10H2,1H3,(H,18,19). The summed E-state index contributed by atoms with van der Waals surface area (Å²) in [5, 5.41) is 8.90. The molecule has 1 N–H and O–H groups in total. The first kappa shape index (κ1) is 14.4. The van der Waals surface area contributed by atoms with Gasteiger partial charge in [0.25, 0.3) is 0 Å². The molecule has 1 aromatic carbocycles. The third-order valence-corrected chi connectivity index (χ3v) is 3.78. The number of ether oxygens (including phenoxy) is 1. The van der Waals surface area contributed by atoms with Gasteiger partial charge in [0.1, 0.15) is 0 Å². The van der Waals surface area contributed by atoms with Gasteiger partial charge >= 0.3 is 12.1 Å². The number of nitrogens with zero attached hydrogens (tertiary/aromatic N) is 1. The minimum atomic E-state index is -0.828. The summed E-state index contributed by atoms with van der Waals surface area (Å²) in [4.78, 5) is 23.6. The highest BCUT2D eigenvalue weighted by molar-refractivity contribution is 5.89. The molecule has 0 aliphatic carbocycles. The van der Waals surface area contributed by atoms with E-state index in [0.717, 1.165) is 19.3 Å². The summed E-state index contributed by atoms with van der Waals surface area (Å²) in [6.45, 7) is 1.22. The molecule has 0 aromatic heterocycles. The van der Waals surface area contributed by atoms with Crippen LogP contribution in [-0.4, -0.2) is 42.3 Å². The number of esters is 1. The summed E-state index contributed by atoms with van der Waals surface area (Å²) in [6.07, 6.45) is 1.89. The van der Waals surface area contributed by atoms with E-state index in [1.165, 1.54) is 17.6 Å². The fourth-order valence-corrected chi connectivity index (χ4v) is 2.56. The molecule has 1 aliphatic rings. The number of hydrogen-bond donors (Lipinski definition) is 1. The second kappa shape index (κ2) is 6.41. The van der Waals surface area contributed by atoms with Crippen LogP contribution in [-0.2, 0) is 11.2 Å². The second-order valence-corrected chi connectivity index (χ2v) is 5.11. The van der Waals surface area contributed by atoms with Crippen LogP contribution in [0.3, 0.4) is 0 Å². The van der Waals surface area contributed by atoms with Gasteiger partial charge in [-0.15, -0.1) is 0 Å². The zero-order valence-corrected chi connectivity index (χ0v) is 11.5. The molecule has 0 saturated carbocycles. The summed E-state index contributed by atoms with van der Waals surface area (Å²) < 4.78 is 4.66. The molecule has 2 rings (SSSR count). The Hall–Kier alpha value is -2.04. The summed E-state index contributed by atoms with van der Waals surface area (Å²) in [7, 11) is 1.37. The number of rotatable bonds is 3. The minimum absolute atomic E-state index is 0.327. The minimum Gasteiger partial charge on any atom is -0.465 e. The van der Waals surface area contributed by atoms with Crippen LogP contribution in [0, 0.1) is 5.92 Å². The highest BCUT2D eigenvalue weighted by Crippen LogP contribution is 2.22. The average Bonchev–Trinajstić information content (AvgIpc) is 2.48. The predicted molar refractivity (Wildman–Crippen MR) is 73.8 cm³/mol. The fourth-order valence-electron chi connectivity index (χ4n) is 2.56. The van der Waals surface area contributed by atoms with Gasteiger partial charge in [-0.05, 0) is 42.9 Å². The van der Waals surface area contributed by atoms with Crippen LogP contribution >= 0.6 is 0 Å². The number of methoxy groups -OCH3 is 1. The molecule has 1 fully saturated rings. The zero-order valence-electron chi connectivity index (χ0n) is 11.5. The Balaban J connectivity index is 1.88. The topological polar surface area (TPSA) is 66.8 Å². The molecule has 0 radical (unpaired) electrons. The van der Waals surface area contributed by atoms with Gasteiger partial charge in [-0.2, -0.15) is 0 Å². The van der Waals surface area contributed by atoms with E-state index in [2.05, 4.69) is 4.74 Å². The molecular formula is C15H19NO4. The van der Waals surface area contributed by atoms with Gasteiger partial charge in [0.15, 0.2) is 0 Å². The molecule has 5 nitrogen and oxygen atoms in total. The largest absolute Gasteiger partial charge is 0.465 e. The fraction of sp³-hybridized carbons (Fsp3) is 0.467. The summed E-state index contributed by atoms with van der Waals surface area (Å²) in [5.74, 6) is 0.181. The first-order valence-corrected chi connectivity index (χ1v) is 6.75. The van der Waals surface area contributed by atoms with Crippen molar-refractivity contribution in [2.24, 2.45) is 5.92 Å². The number of benzene rings is 1. The van der Waals surface area contributed by atoms with E-state index < -0.39 is 6.09 Å². The monoisotopic (exact) mass is 277 g/mol. The molecule has 20 heavy (non-hydrogen) atoms. The van der Waals surface area contributed by atoms with Gasteiger partial charge in [0, 0.05) is 13.1 Å². The molecule has 1 amide bonds. The van der Waals surface area contributed by atoms with Crippen molar-refractivity contribution in [3.05, 3.63) is 35.4 Å². The molecular weight excluding hydrogens is 258 g/mol. The maximum atomic E-state index is 11.3. The van der Waals surface area contributed by atoms with Crippen molar-refractivity contribution in [1.82, 2.24) is 4.90 Å². The van der Waals surface area contributed by atoms with Crippen molar-refractivity contribution < 1.29 is 19.4 Å². The lowest BCUT2D eigenvalue weighted by Crippen LogP contribution is -2.37. The van der Waals surface area contributed by atoms with Crippen LogP contribution in [0.2, 0.25) is 0 Å². The Labute approximate surface area is 118 Å². The van der Waals surface area contributed by atoms with Gasteiger partial charge in [0.2, 0.25) is 0 Å². The molecule has 1 aliphatic heterocycles. The Bertz CT molecular complexity index is 475. The van der Waals surface area contributed by atoms with Crippen LogP contribution in [0.4, 0.5) is 4.79 Å². The van der Waals surface area contributed by atoms with Crippen molar-refractivity contribution in [3.8, 4) is 0 Å². The van der Waals surface area contributed by atoms with Gasteiger partial charge in [-0.3, -0.25) is 0 Å². The smallest absolute Gasteiger partial charge is 0.407 e. The Morgan fingerprint density at radius 1 is 1.25 bits per heavy atom. The average molecular weight is 277 g/mol. The second-order valence-electron chi connectivity index (χ2n) is 5.11. The first-order chi connectivity index (χ1) is 9.60. The number of carboxylic acid groups (broad SMARTS) is 1. The van der Waals surface area contributed by atoms with Crippen molar-refractivity contribution >= 4 is 12.1 Å². The molecule has 1 heterocycles. The van der Waals surface area contributed by atoms with Crippen molar-refractivity contribution in [1.29, 1.82) is 0 Å². The Morgan fingerprint density at radius 3 is 2.35 bits per heavy atom. The summed E-state index contributed by atoms with van der Waals surface area (Å²) >= 11 is 0. The van der Waals surface area contributed by atoms with Crippen molar-refractivity contribution in [2.45, 2.75) is 19.3 Å². The molecule has 1 aromatic rings. The van der Waals surface area contributed by atoms with Crippen LogP contribution in [0.5, 0.6) is 0 Å². The van der Waals surface area contributed by atoms with Crippen LogP contribution < -0.4 is 0 Å². The Morgan fingerprint density at radius 2 is 1.85 bits per heavy atom. The highest BCUT2D eigenvalue weighted by Gasteiger charge is 2.22. The van der Waals surface area contributed by atoms with Crippen LogP contribution in [0.1, 0.15) is 28.8 Å². The lowest BCUT2D eigenvalue weighted by atomic mass is 9.90. The van der Waals surface area contributed by atoms with E-state index in [-0.39, 0.29) is 5.97 Å². The highest BCUT2D eigenvalue weighted by atomic mass is 16.5. The zero-order chi connectivity index (χ0) is 14.5. The van der Waals surface area contributed by atoms with Crippen LogP contribution in [0.15, 0.2) is 24.3 Å². The molecule has 0 spiro atoms. The number of piperidine rings is 1. The van der Waals surface area contributed by atoms with Gasteiger partial charge in [-0.1, -0.05) is 12.1 Å². The SMILES string of the molecule is COC(=O)c1ccc(CC2CCN(C(=O)O)CC2)cc1. The molecule has 0 unspecified atom stereocenters. The lowest BCUT2D eigenvalue weighted by molar-refractivity contribution is 0.0600. The van der Waals surface area contributed by atoms with E-state index in [1.54, 1.807) is 12.1 Å². The maximum absolute atomic E-state index is 11.3. The summed E-state index contributed by atoms with van der Waals surface area (Å²) in [5.41, 5.74) is 1.73. The normalized spacial score (nSPS) is 15.9. The number of carbonyl (C=O) groups is 2. The van der Waals surface area contributed by atoms with Gasteiger partial charge in [-0.25, -0.2) is 9.59 Å². The molecule has 0 atom stereocenters. The number of likely N-dealkylation sites (tertiary alicyclic amines) is 1. The van der Waals surface area contributed by atoms with E-state index >= 15 is 0 Å². The van der Waals surface area contributed by atoms with Crippen molar-refractivity contribution in [3.63, 3.8) is 0 Å². The van der Waals surface area contributed by atoms with Gasteiger partial charge in [0.05, 0.1) is 12.7 Å². The quantitative estimate of drug-likeness (QED) is 0.861.